The Morgan fingerprint density at radius 1 is 1.29 bits per heavy atom. The zero-order valence-electron chi connectivity index (χ0n) is 11.0. The predicted octanol–water partition coefficient (Wildman–Crippen LogP) is 1.66. The Bertz CT molecular complexity index is 377. The summed E-state index contributed by atoms with van der Waals surface area (Å²) in [5, 5.41) is 7.94. The van der Waals surface area contributed by atoms with Crippen LogP contribution in [0.4, 0.5) is 5.69 Å². The summed E-state index contributed by atoms with van der Waals surface area (Å²) in [5.74, 6) is 0.520. The zero-order valence-corrected chi connectivity index (χ0v) is 11.0. The largest absolute Gasteiger partial charge is 0.383 e. The van der Waals surface area contributed by atoms with E-state index in [0.717, 1.165) is 17.8 Å². The summed E-state index contributed by atoms with van der Waals surface area (Å²) in [6.07, 6.45) is 0. The van der Waals surface area contributed by atoms with Crippen molar-refractivity contribution >= 4 is 11.5 Å². The first-order valence-electron chi connectivity index (χ1n) is 5.62. The molecule has 0 atom stereocenters. The SMILES string of the molecule is COCCN(C)c1cccc(C(=N)N(C)C)c1. The van der Waals surface area contributed by atoms with Crippen molar-refractivity contribution in [3.8, 4) is 0 Å². The van der Waals surface area contributed by atoms with Crippen molar-refractivity contribution in [1.29, 1.82) is 5.41 Å². The van der Waals surface area contributed by atoms with Crippen molar-refractivity contribution in [2.75, 3.05) is 46.3 Å². The second-order valence-corrected chi connectivity index (χ2v) is 4.21. The maximum absolute atomic E-state index is 7.94. The smallest absolute Gasteiger partial charge is 0.127 e. The molecular formula is C13H21N3O. The number of likely N-dealkylation sites (N-methyl/N-ethyl adjacent to an activating group) is 1. The molecule has 1 aromatic rings. The van der Waals surface area contributed by atoms with Gasteiger partial charge in [0.15, 0.2) is 0 Å². The Morgan fingerprint density at radius 3 is 2.59 bits per heavy atom. The van der Waals surface area contributed by atoms with Crippen molar-refractivity contribution in [3.05, 3.63) is 29.8 Å². The highest BCUT2D eigenvalue weighted by molar-refractivity contribution is 5.96. The normalized spacial score (nSPS) is 10.1. The molecule has 0 aromatic heterocycles. The maximum atomic E-state index is 7.94. The lowest BCUT2D eigenvalue weighted by Crippen LogP contribution is -2.24. The van der Waals surface area contributed by atoms with E-state index in [-0.39, 0.29) is 0 Å². The molecule has 0 radical (unpaired) electrons. The van der Waals surface area contributed by atoms with Gasteiger partial charge < -0.3 is 14.5 Å². The molecule has 0 saturated heterocycles. The van der Waals surface area contributed by atoms with Crippen LogP contribution in [0.2, 0.25) is 0 Å². The quantitative estimate of drug-likeness (QED) is 0.623. The van der Waals surface area contributed by atoms with Crippen molar-refractivity contribution in [1.82, 2.24) is 4.90 Å². The van der Waals surface area contributed by atoms with Crippen molar-refractivity contribution in [3.63, 3.8) is 0 Å². The summed E-state index contributed by atoms with van der Waals surface area (Å²) in [7, 11) is 7.48. The van der Waals surface area contributed by atoms with E-state index in [9.17, 15) is 0 Å². The van der Waals surface area contributed by atoms with Gasteiger partial charge in [0.2, 0.25) is 0 Å². The van der Waals surface area contributed by atoms with Crippen LogP contribution in [0.5, 0.6) is 0 Å². The molecule has 0 heterocycles. The summed E-state index contributed by atoms with van der Waals surface area (Å²) in [6.45, 7) is 1.54. The van der Waals surface area contributed by atoms with Crippen LogP contribution in [-0.4, -0.2) is 52.1 Å². The summed E-state index contributed by atoms with van der Waals surface area (Å²) in [5.41, 5.74) is 2.03. The third-order valence-corrected chi connectivity index (χ3v) is 2.64. The molecule has 0 fully saturated rings. The Labute approximate surface area is 103 Å². The number of nitrogens with one attached hydrogen (secondary N) is 1. The molecule has 0 amide bonds. The fraction of sp³-hybridized carbons (Fsp3) is 0.462. The molecule has 17 heavy (non-hydrogen) atoms. The summed E-state index contributed by atoms with van der Waals surface area (Å²) < 4.78 is 5.06. The van der Waals surface area contributed by atoms with Gasteiger partial charge in [0.25, 0.3) is 0 Å². The summed E-state index contributed by atoms with van der Waals surface area (Å²) in [6, 6.07) is 8.00. The molecule has 94 valence electrons. The average Bonchev–Trinajstić information content (AvgIpc) is 2.35. The first kappa shape index (κ1) is 13.5. The first-order chi connectivity index (χ1) is 8.06. The van der Waals surface area contributed by atoms with E-state index >= 15 is 0 Å². The van der Waals surface area contributed by atoms with E-state index in [0.29, 0.717) is 12.4 Å². The van der Waals surface area contributed by atoms with Crippen molar-refractivity contribution in [2.45, 2.75) is 0 Å². The molecule has 1 N–H and O–H groups in total. The number of amidine groups is 1. The van der Waals surface area contributed by atoms with Gasteiger partial charge in [0.05, 0.1) is 6.61 Å². The van der Waals surface area contributed by atoms with Gasteiger partial charge in [-0.2, -0.15) is 0 Å². The number of rotatable bonds is 5. The van der Waals surface area contributed by atoms with Crippen LogP contribution in [0, 0.1) is 5.41 Å². The molecule has 1 rings (SSSR count). The van der Waals surface area contributed by atoms with Gasteiger partial charge in [-0.05, 0) is 12.1 Å². The second-order valence-electron chi connectivity index (χ2n) is 4.21. The van der Waals surface area contributed by atoms with Gasteiger partial charge in [-0.25, -0.2) is 0 Å². The highest BCUT2D eigenvalue weighted by Crippen LogP contribution is 2.15. The number of hydrogen-bond donors (Lipinski definition) is 1. The molecule has 0 spiro atoms. The van der Waals surface area contributed by atoms with E-state index in [1.807, 2.05) is 45.4 Å². The molecule has 4 nitrogen and oxygen atoms in total. The van der Waals surface area contributed by atoms with Crippen LogP contribution < -0.4 is 4.90 Å². The molecule has 0 bridgehead atoms. The lowest BCUT2D eigenvalue weighted by Gasteiger charge is -2.20. The first-order valence-corrected chi connectivity index (χ1v) is 5.62. The number of hydrogen-bond acceptors (Lipinski definition) is 3. The van der Waals surface area contributed by atoms with Crippen LogP contribution in [0.3, 0.4) is 0 Å². The lowest BCUT2D eigenvalue weighted by molar-refractivity contribution is 0.206. The van der Waals surface area contributed by atoms with Gasteiger partial charge in [-0.3, -0.25) is 5.41 Å². The van der Waals surface area contributed by atoms with Crippen molar-refractivity contribution < 1.29 is 4.74 Å². The number of benzene rings is 1. The molecule has 0 aliphatic heterocycles. The Balaban J connectivity index is 2.82. The minimum atomic E-state index is 0.520. The van der Waals surface area contributed by atoms with Gasteiger partial charge in [-0.1, -0.05) is 12.1 Å². The number of methoxy groups -OCH3 is 1. The third-order valence-electron chi connectivity index (χ3n) is 2.64. The second kappa shape index (κ2) is 6.25. The predicted molar refractivity (Wildman–Crippen MR) is 72.1 cm³/mol. The van der Waals surface area contributed by atoms with Crippen LogP contribution in [0.25, 0.3) is 0 Å². The highest BCUT2D eigenvalue weighted by Gasteiger charge is 2.06. The van der Waals surface area contributed by atoms with Crippen LogP contribution in [0.15, 0.2) is 24.3 Å². The van der Waals surface area contributed by atoms with Crippen LogP contribution in [0.1, 0.15) is 5.56 Å². The standard InChI is InChI=1S/C13H21N3O/c1-15(2)13(14)11-6-5-7-12(10-11)16(3)8-9-17-4/h5-7,10,14H,8-9H2,1-4H3. The van der Waals surface area contributed by atoms with Crippen LogP contribution >= 0.6 is 0 Å². The van der Waals surface area contributed by atoms with Gasteiger partial charge in [-0.15, -0.1) is 0 Å². The monoisotopic (exact) mass is 235 g/mol. The molecular weight excluding hydrogens is 214 g/mol. The highest BCUT2D eigenvalue weighted by atomic mass is 16.5. The minimum absolute atomic E-state index is 0.520. The number of anilines is 1. The van der Waals surface area contributed by atoms with Gasteiger partial charge >= 0.3 is 0 Å². The van der Waals surface area contributed by atoms with Crippen molar-refractivity contribution in [2.24, 2.45) is 0 Å². The molecule has 0 saturated carbocycles. The lowest BCUT2D eigenvalue weighted by atomic mass is 10.1. The van der Waals surface area contributed by atoms with E-state index in [2.05, 4.69) is 4.90 Å². The molecule has 0 aliphatic rings. The Morgan fingerprint density at radius 2 is 2.00 bits per heavy atom. The fourth-order valence-electron chi connectivity index (χ4n) is 1.51. The van der Waals surface area contributed by atoms with E-state index < -0.39 is 0 Å². The maximum Gasteiger partial charge on any atom is 0.127 e. The van der Waals surface area contributed by atoms with E-state index in [4.69, 9.17) is 10.1 Å². The Hall–Kier alpha value is -1.55. The van der Waals surface area contributed by atoms with Gasteiger partial charge in [0.1, 0.15) is 5.84 Å². The number of nitrogens with zero attached hydrogens (tertiary/aromatic N) is 2. The van der Waals surface area contributed by atoms with E-state index in [1.54, 1.807) is 12.0 Å². The fourth-order valence-corrected chi connectivity index (χ4v) is 1.51. The average molecular weight is 235 g/mol. The zero-order chi connectivity index (χ0) is 12.8. The summed E-state index contributed by atoms with van der Waals surface area (Å²) >= 11 is 0. The summed E-state index contributed by atoms with van der Waals surface area (Å²) in [4.78, 5) is 3.92. The van der Waals surface area contributed by atoms with E-state index in [1.165, 1.54) is 0 Å². The molecule has 0 unspecified atom stereocenters. The third kappa shape index (κ3) is 3.75. The molecule has 4 heteroatoms. The molecule has 1 aromatic carbocycles. The minimum Gasteiger partial charge on any atom is -0.383 e. The van der Waals surface area contributed by atoms with Crippen LogP contribution in [-0.2, 0) is 4.74 Å². The topological polar surface area (TPSA) is 39.6 Å². The molecule has 0 aliphatic carbocycles. The Kier molecular flexibility index (Phi) is 4.97. The number of ether oxygens (including phenoxy) is 1. The van der Waals surface area contributed by atoms with Gasteiger partial charge in [0, 0.05) is 46.0 Å².